The van der Waals surface area contributed by atoms with Gasteiger partial charge in [-0.25, -0.2) is 14.5 Å². The predicted octanol–water partition coefficient (Wildman–Crippen LogP) is 1.95. The number of pyridine rings is 1. The Morgan fingerprint density at radius 3 is 3.04 bits per heavy atom. The van der Waals surface area contributed by atoms with Gasteiger partial charge in [-0.2, -0.15) is 5.10 Å². The number of carbonyl (C=O) groups excluding carboxylic acids is 2. The molecule has 2 aromatic rings. The highest BCUT2D eigenvalue weighted by molar-refractivity contribution is 5.94. The Bertz CT molecular complexity index is 754. The Hall–Kier alpha value is -2.70. The van der Waals surface area contributed by atoms with Gasteiger partial charge < -0.3 is 10.1 Å². The summed E-state index contributed by atoms with van der Waals surface area (Å²) in [6.45, 7) is 2.79. The summed E-state index contributed by atoms with van der Waals surface area (Å²) >= 11 is 0. The molecule has 0 radical (unpaired) electrons. The van der Waals surface area contributed by atoms with Crippen LogP contribution in [0.1, 0.15) is 47.4 Å². The molecule has 3 heterocycles. The molecular weight excluding hydrogens is 296 g/mol. The zero-order chi connectivity index (χ0) is 16.4. The summed E-state index contributed by atoms with van der Waals surface area (Å²) in [4.78, 5) is 28.1. The van der Waals surface area contributed by atoms with E-state index in [0.29, 0.717) is 5.69 Å². The second-order valence-electron chi connectivity index (χ2n) is 5.42. The number of nitrogens with zero attached hydrogens (tertiary/aromatic N) is 3. The van der Waals surface area contributed by atoms with E-state index in [9.17, 15) is 9.59 Å². The van der Waals surface area contributed by atoms with Gasteiger partial charge in [-0.05, 0) is 18.6 Å². The van der Waals surface area contributed by atoms with Crippen molar-refractivity contribution in [2.45, 2.75) is 32.2 Å². The lowest BCUT2D eigenvalue weighted by molar-refractivity contribution is -0.116. The van der Waals surface area contributed by atoms with Crippen molar-refractivity contribution >= 4 is 17.7 Å². The molecule has 120 valence electrons. The van der Waals surface area contributed by atoms with E-state index in [1.54, 1.807) is 23.0 Å². The van der Waals surface area contributed by atoms with Gasteiger partial charge in [0.15, 0.2) is 0 Å². The maximum Gasteiger partial charge on any atom is 0.356 e. The van der Waals surface area contributed by atoms with Gasteiger partial charge in [0.25, 0.3) is 0 Å². The van der Waals surface area contributed by atoms with Crippen LogP contribution in [0.25, 0.3) is 0 Å². The van der Waals surface area contributed by atoms with Gasteiger partial charge in [0.1, 0.15) is 11.5 Å². The van der Waals surface area contributed by atoms with E-state index in [1.807, 2.05) is 6.07 Å². The zero-order valence-electron chi connectivity index (χ0n) is 13.1. The first-order valence-electron chi connectivity index (χ1n) is 7.54. The molecule has 1 unspecified atom stereocenters. The van der Waals surface area contributed by atoms with Gasteiger partial charge in [0.2, 0.25) is 5.91 Å². The summed E-state index contributed by atoms with van der Waals surface area (Å²) in [6.07, 6.45) is 2.97. The highest BCUT2D eigenvalue weighted by Crippen LogP contribution is 2.36. The molecule has 1 atom stereocenters. The molecule has 0 aliphatic carbocycles. The first-order chi connectivity index (χ1) is 11.1. The van der Waals surface area contributed by atoms with Crippen molar-refractivity contribution in [3.8, 4) is 0 Å². The van der Waals surface area contributed by atoms with Gasteiger partial charge in [-0.3, -0.25) is 4.79 Å². The fraction of sp³-hybridized carbons (Fsp3) is 0.375. The molecule has 2 aromatic heterocycles. The molecule has 0 bridgehead atoms. The van der Waals surface area contributed by atoms with Crippen molar-refractivity contribution in [3.63, 3.8) is 0 Å². The third kappa shape index (κ3) is 2.81. The first kappa shape index (κ1) is 15.2. The number of ether oxygens (including phenoxy) is 1. The number of aromatic nitrogens is 3. The summed E-state index contributed by atoms with van der Waals surface area (Å²) < 4.78 is 6.50. The molecule has 23 heavy (non-hydrogen) atoms. The smallest absolute Gasteiger partial charge is 0.356 e. The number of amides is 1. The topological polar surface area (TPSA) is 86.1 Å². The zero-order valence-corrected chi connectivity index (χ0v) is 13.1. The van der Waals surface area contributed by atoms with Crippen LogP contribution in [0.5, 0.6) is 0 Å². The Morgan fingerprint density at radius 2 is 2.30 bits per heavy atom. The number of aryl methyl sites for hydroxylation is 1. The van der Waals surface area contributed by atoms with Crippen LogP contribution in [0.4, 0.5) is 5.82 Å². The van der Waals surface area contributed by atoms with Crippen LogP contribution in [0.2, 0.25) is 0 Å². The van der Waals surface area contributed by atoms with Crippen LogP contribution in [0.3, 0.4) is 0 Å². The molecule has 7 nitrogen and oxygen atoms in total. The van der Waals surface area contributed by atoms with E-state index in [1.165, 1.54) is 7.11 Å². The molecule has 3 rings (SSSR count). The van der Waals surface area contributed by atoms with Gasteiger partial charge in [0.05, 0.1) is 13.3 Å². The first-order valence-corrected chi connectivity index (χ1v) is 7.54. The van der Waals surface area contributed by atoms with Gasteiger partial charge in [-0.15, -0.1) is 0 Å². The van der Waals surface area contributed by atoms with Crippen LogP contribution in [0, 0.1) is 0 Å². The van der Waals surface area contributed by atoms with Crippen molar-refractivity contribution in [1.82, 2.24) is 14.8 Å². The molecule has 0 fully saturated rings. The molecule has 1 aliphatic heterocycles. The maximum absolute atomic E-state index is 12.1. The third-order valence-corrected chi connectivity index (χ3v) is 3.85. The Labute approximate surface area is 133 Å². The number of nitrogens with one attached hydrogen (secondary N) is 1. The summed E-state index contributed by atoms with van der Waals surface area (Å²) in [5.74, 6) is -0.0630. The lowest BCUT2D eigenvalue weighted by Gasteiger charge is -2.23. The van der Waals surface area contributed by atoms with Crippen molar-refractivity contribution < 1.29 is 14.3 Å². The average Bonchev–Trinajstić information content (AvgIpc) is 2.96. The normalized spacial score (nSPS) is 16.6. The van der Waals surface area contributed by atoms with Crippen LogP contribution in [-0.4, -0.2) is 33.8 Å². The minimum atomic E-state index is -0.492. The minimum Gasteiger partial charge on any atom is -0.464 e. The van der Waals surface area contributed by atoms with Gasteiger partial charge in [0, 0.05) is 30.1 Å². The maximum atomic E-state index is 12.1. The van der Waals surface area contributed by atoms with E-state index in [-0.39, 0.29) is 23.9 Å². The van der Waals surface area contributed by atoms with Crippen LogP contribution >= 0.6 is 0 Å². The van der Waals surface area contributed by atoms with Crippen LogP contribution in [-0.2, 0) is 16.1 Å². The van der Waals surface area contributed by atoms with E-state index in [2.05, 4.69) is 22.3 Å². The number of methoxy groups -OCH3 is 1. The standard InChI is InChI=1S/C16H18N4O3/c1-3-7-20-15-11(9-17-20)10(8-14(21)19-15)12-5-4-6-13(18-12)16(22)23-2/h4-6,9-10H,3,7-8H2,1-2H3,(H,19,21). The highest BCUT2D eigenvalue weighted by Gasteiger charge is 2.31. The molecular formula is C16H18N4O3. The summed E-state index contributed by atoms with van der Waals surface area (Å²) in [6, 6.07) is 5.16. The molecule has 1 N–H and O–H groups in total. The molecule has 0 aromatic carbocycles. The second kappa shape index (κ2) is 6.20. The molecule has 0 saturated heterocycles. The second-order valence-corrected chi connectivity index (χ2v) is 5.42. The lowest BCUT2D eigenvalue weighted by atomic mass is 9.90. The number of carbonyl (C=O) groups is 2. The lowest BCUT2D eigenvalue weighted by Crippen LogP contribution is -2.25. The quantitative estimate of drug-likeness (QED) is 0.872. The molecule has 7 heteroatoms. The Balaban J connectivity index is 2.01. The Kier molecular flexibility index (Phi) is 4.10. The van der Waals surface area contributed by atoms with Crippen LogP contribution < -0.4 is 5.32 Å². The summed E-state index contributed by atoms with van der Waals surface area (Å²) in [7, 11) is 1.32. The number of hydrogen-bond donors (Lipinski definition) is 1. The minimum absolute atomic E-state index is 0.0781. The number of anilines is 1. The van der Waals surface area contributed by atoms with Crippen LogP contribution in [0.15, 0.2) is 24.4 Å². The largest absolute Gasteiger partial charge is 0.464 e. The van der Waals surface area contributed by atoms with E-state index in [0.717, 1.165) is 24.3 Å². The van der Waals surface area contributed by atoms with Crippen molar-refractivity contribution in [2.75, 3.05) is 12.4 Å². The van der Waals surface area contributed by atoms with E-state index < -0.39 is 5.97 Å². The van der Waals surface area contributed by atoms with Gasteiger partial charge >= 0.3 is 5.97 Å². The number of fused-ring (bicyclic) bond motifs is 1. The van der Waals surface area contributed by atoms with Gasteiger partial charge in [-0.1, -0.05) is 13.0 Å². The number of hydrogen-bond acceptors (Lipinski definition) is 5. The van der Waals surface area contributed by atoms with E-state index >= 15 is 0 Å². The van der Waals surface area contributed by atoms with Crippen molar-refractivity contribution in [1.29, 1.82) is 0 Å². The fourth-order valence-electron chi connectivity index (χ4n) is 2.78. The molecule has 0 saturated carbocycles. The highest BCUT2D eigenvalue weighted by atomic mass is 16.5. The Morgan fingerprint density at radius 1 is 1.48 bits per heavy atom. The van der Waals surface area contributed by atoms with Crippen molar-refractivity contribution in [3.05, 3.63) is 41.3 Å². The van der Waals surface area contributed by atoms with Crippen molar-refractivity contribution in [2.24, 2.45) is 0 Å². The number of esters is 1. The summed E-state index contributed by atoms with van der Waals surface area (Å²) in [5, 5.41) is 7.24. The number of rotatable bonds is 4. The van der Waals surface area contributed by atoms with E-state index in [4.69, 9.17) is 4.74 Å². The fourth-order valence-corrected chi connectivity index (χ4v) is 2.78. The summed E-state index contributed by atoms with van der Waals surface area (Å²) in [5.41, 5.74) is 1.83. The molecule has 1 amide bonds. The molecule has 1 aliphatic rings. The SMILES string of the molecule is CCCn1ncc2c1NC(=O)CC2c1cccc(C(=O)OC)n1. The molecule has 0 spiro atoms. The monoisotopic (exact) mass is 314 g/mol. The predicted molar refractivity (Wildman–Crippen MR) is 83.2 cm³/mol. The average molecular weight is 314 g/mol. The third-order valence-electron chi connectivity index (χ3n) is 3.85.